The van der Waals surface area contributed by atoms with Gasteiger partial charge >= 0.3 is 6.61 Å². The largest absolute Gasteiger partial charge is 0.493 e. The van der Waals surface area contributed by atoms with Crippen molar-refractivity contribution >= 4 is 11.5 Å². The molecule has 1 aromatic heterocycles. The molecule has 0 unspecified atom stereocenters. The number of hydrogen-bond donors (Lipinski definition) is 1. The SMILES string of the molecule is COc1cc(Nc2ccnc(-c3ccc(OC4CCOCC4)c(C#N)c3)n2)ccc1OC(F)F. The third-order valence-corrected chi connectivity index (χ3v) is 5.13. The van der Waals surface area contributed by atoms with Crippen molar-refractivity contribution < 1.29 is 27.7 Å². The van der Waals surface area contributed by atoms with E-state index in [1.54, 1.807) is 36.5 Å². The first-order valence-corrected chi connectivity index (χ1v) is 10.6. The Labute approximate surface area is 195 Å². The van der Waals surface area contributed by atoms with E-state index in [-0.39, 0.29) is 17.6 Å². The van der Waals surface area contributed by atoms with Crippen molar-refractivity contribution in [1.29, 1.82) is 5.26 Å². The number of halogens is 2. The minimum atomic E-state index is -2.95. The van der Waals surface area contributed by atoms with Crippen LogP contribution >= 0.6 is 0 Å². The Hall–Kier alpha value is -3.97. The fourth-order valence-electron chi connectivity index (χ4n) is 3.49. The highest BCUT2D eigenvalue weighted by molar-refractivity contribution is 5.65. The van der Waals surface area contributed by atoms with Gasteiger partial charge in [-0.2, -0.15) is 14.0 Å². The number of hydrogen-bond acceptors (Lipinski definition) is 8. The van der Waals surface area contributed by atoms with Crippen molar-refractivity contribution in [3.05, 3.63) is 54.2 Å². The van der Waals surface area contributed by atoms with Gasteiger partial charge in [0.15, 0.2) is 17.3 Å². The molecule has 2 aromatic carbocycles. The maximum atomic E-state index is 12.5. The highest BCUT2D eigenvalue weighted by atomic mass is 19.3. The smallest absolute Gasteiger partial charge is 0.387 e. The van der Waals surface area contributed by atoms with E-state index in [2.05, 4.69) is 26.1 Å². The summed E-state index contributed by atoms with van der Waals surface area (Å²) >= 11 is 0. The van der Waals surface area contributed by atoms with Crippen molar-refractivity contribution in [2.75, 3.05) is 25.6 Å². The molecule has 0 bridgehead atoms. The lowest BCUT2D eigenvalue weighted by Crippen LogP contribution is -2.26. The number of methoxy groups -OCH3 is 1. The van der Waals surface area contributed by atoms with Gasteiger partial charge in [-0.3, -0.25) is 0 Å². The first-order chi connectivity index (χ1) is 16.6. The quantitative estimate of drug-likeness (QED) is 0.497. The predicted molar refractivity (Wildman–Crippen MR) is 120 cm³/mol. The van der Waals surface area contributed by atoms with Crippen LogP contribution in [-0.4, -0.2) is 43.0 Å². The second-order valence-electron chi connectivity index (χ2n) is 7.39. The molecule has 8 nitrogen and oxygen atoms in total. The molecule has 0 spiro atoms. The zero-order valence-corrected chi connectivity index (χ0v) is 18.3. The zero-order chi connectivity index (χ0) is 23.9. The van der Waals surface area contributed by atoms with E-state index in [4.69, 9.17) is 14.2 Å². The normalized spacial score (nSPS) is 13.9. The molecule has 1 fully saturated rings. The standard InChI is InChI=1S/C24H22F2N4O4/c1-31-21-13-17(3-5-20(21)34-24(25)26)29-22-6-9-28-23(30-22)15-2-4-19(16(12-15)14-27)33-18-7-10-32-11-8-18/h2-6,9,12-13,18,24H,7-8,10-11H2,1H3,(H,28,29,30). The van der Waals surface area contributed by atoms with Gasteiger partial charge in [0.05, 0.1) is 25.9 Å². The second kappa shape index (κ2) is 10.8. The number of benzene rings is 2. The summed E-state index contributed by atoms with van der Waals surface area (Å²) in [7, 11) is 1.36. The lowest BCUT2D eigenvalue weighted by atomic mass is 10.1. The van der Waals surface area contributed by atoms with Crippen LogP contribution in [0, 0.1) is 11.3 Å². The van der Waals surface area contributed by atoms with Crippen molar-refractivity contribution in [1.82, 2.24) is 9.97 Å². The molecule has 10 heteroatoms. The summed E-state index contributed by atoms with van der Waals surface area (Å²) in [6, 6.07) is 13.5. The minimum absolute atomic E-state index is 0.0185. The van der Waals surface area contributed by atoms with E-state index in [0.717, 1.165) is 12.8 Å². The maximum Gasteiger partial charge on any atom is 0.387 e. The zero-order valence-electron chi connectivity index (χ0n) is 18.3. The Balaban J connectivity index is 1.52. The lowest BCUT2D eigenvalue weighted by Gasteiger charge is -2.23. The van der Waals surface area contributed by atoms with Gasteiger partial charge in [0.25, 0.3) is 0 Å². The molecule has 0 aliphatic carbocycles. The van der Waals surface area contributed by atoms with Gasteiger partial charge < -0.3 is 24.3 Å². The minimum Gasteiger partial charge on any atom is -0.493 e. The molecule has 3 aromatic rings. The van der Waals surface area contributed by atoms with Crippen LogP contribution in [-0.2, 0) is 4.74 Å². The molecule has 34 heavy (non-hydrogen) atoms. The molecular weight excluding hydrogens is 446 g/mol. The van der Waals surface area contributed by atoms with Gasteiger partial charge in [0, 0.05) is 36.4 Å². The molecule has 1 aliphatic rings. The van der Waals surface area contributed by atoms with Crippen LogP contribution in [0.2, 0.25) is 0 Å². The van der Waals surface area contributed by atoms with Crippen molar-refractivity contribution in [2.24, 2.45) is 0 Å². The third kappa shape index (κ3) is 5.68. The molecule has 2 heterocycles. The van der Waals surface area contributed by atoms with Crippen LogP contribution in [0.25, 0.3) is 11.4 Å². The average molecular weight is 468 g/mol. The Morgan fingerprint density at radius 2 is 1.88 bits per heavy atom. The van der Waals surface area contributed by atoms with E-state index in [9.17, 15) is 14.0 Å². The summed E-state index contributed by atoms with van der Waals surface area (Å²) in [5, 5.41) is 12.7. The van der Waals surface area contributed by atoms with Crippen LogP contribution in [0.15, 0.2) is 48.7 Å². The van der Waals surface area contributed by atoms with Gasteiger partial charge in [-0.15, -0.1) is 0 Å². The number of nitriles is 1. The third-order valence-electron chi connectivity index (χ3n) is 5.13. The Morgan fingerprint density at radius 3 is 2.62 bits per heavy atom. The van der Waals surface area contributed by atoms with E-state index in [0.29, 0.717) is 47.4 Å². The summed E-state index contributed by atoms with van der Waals surface area (Å²) < 4.78 is 46.0. The van der Waals surface area contributed by atoms with Gasteiger partial charge in [0.2, 0.25) is 0 Å². The van der Waals surface area contributed by atoms with Crippen LogP contribution in [0.5, 0.6) is 17.2 Å². The van der Waals surface area contributed by atoms with Crippen molar-refractivity contribution in [3.63, 3.8) is 0 Å². The van der Waals surface area contributed by atoms with E-state index in [1.165, 1.54) is 19.2 Å². The first-order valence-electron chi connectivity index (χ1n) is 10.6. The number of nitrogens with one attached hydrogen (secondary N) is 1. The van der Waals surface area contributed by atoms with Crippen LogP contribution in [0.4, 0.5) is 20.3 Å². The van der Waals surface area contributed by atoms with Crippen LogP contribution in [0.3, 0.4) is 0 Å². The molecule has 0 atom stereocenters. The lowest BCUT2D eigenvalue weighted by molar-refractivity contribution is -0.0512. The number of alkyl halides is 2. The molecule has 1 aliphatic heterocycles. The van der Waals surface area contributed by atoms with E-state index in [1.807, 2.05) is 0 Å². The van der Waals surface area contributed by atoms with Crippen LogP contribution in [0.1, 0.15) is 18.4 Å². The van der Waals surface area contributed by atoms with E-state index >= 15 is 0 Å². The number of ether oxygens (including phenoxy) is 4. The summed E-state index contributed by atoms with van der Waals surface area (Å²) in [4.78, 5) is 8.81. The number of rotatable bonds is 8. The number of aromatic nitrogens is 2. The van der Waals surface area contributed by atoms with Crippen LogP contribution < -0.4 is 19.5 Å². The molecule has 0 radical (unpaired) electrons. The Morgan fingerprint density at radius 1 is 1.09 bits per heavy atom. The Kier molecular flexibility index (Phi) is 7.34. The van der Waals surface area contributed by atoms with Gasteiger partial charge in [-0.05, 0) is 36.4 Å². The highest BCUT2D eigenvalue weighted by Gasteiger charge is 2.18. The monoisotopic (exact) mass is 468 g/mol. The van der Waals surface area contributed by atoms with Crippen molar-refractivity contribution in [2.45, 2.75) is 25.6 Å². The van der Waals surface area contributed by atoms with Gasteiger partial charge in [-0.1, -0.05) is 0 Å². The fraction of sp³-hybridized carbons (Fsp3) is 0.292. The molecule has 1 N–H and O–H groups in total. The molecule has 1 saturated heterocycles. The number of anilines is 2. The predicted octanol–water partition coefficient (Wildman–Crippen LogP) is 4.93. The van der Waals surface area contributed by atoms with Gasteiger partial charge in [0.1, 0.15) is 23.7 Å². The average Bonchev–Trinajstić information content (AvgIpc) is 2.85. The summed E-state index contributed by atoms with van der Waals surface area (Å²) in [6.45, 7) is -1.66. The maximum absolute atomic E-state index is 12.5. The number of nitrogens with zero attached hydrogens (tertiary/aromatic N) is 3. The molecular formula is C24H22F2N4O4. The molecule has 4 rings (SSSR count). The van der Waals surface area contributed by atoms with Gasteiger partial charge in [-0.25, -0.2) is 9.97 Å². The summed E-state index contributed by atoms with van der Waals surface area (Å²) in [6.07, 6.45) is 3.16. The summed E-state index contributed by atoms with van der Waals surface area (Å²) in [5.41, 5.74) is 1.60. The fourth-order valence-corrected chi connectivity index (χ4v) is 3.49. The molecule has 176 valence electrons. The first kappa shape index (κ1) is 23.2. The second-order valence-corrected chi connectivity index (χ2v) is 7.39. The topological polar surface area (TPSA) is 98.5 Å². The molecule has 0 amide bonds. The highest BCUT2D eigenvalue weighted by Crippen LogP contribution is 2.33. The summed E-state index contributed by atoms with van der Waals surface area (Å²) in [5.74, 6) is 1.47. The van der Waals surface area contributed by atoms with Crippen molar-refractivity contribution in [3.8, 4) is 34.7 Å². The van der Waals surface area contributed by atoms with E-state index < -0.39 is 6.61 Å². The molecule has 0 saturated carbocycles. The Bertz CT molecular complexity index is 1180.